The molecule has 0 radical (unpaired) electrons. The number of halogens is 3. The number of carbonyl (C=O) groups is 1. The van der Waals surface area contributed by atoms with E-state index in [9.17, 15) is 23.1 Å². The second-order valence-electron chi connectivity index (χ2n) is 7.52. The van der Waals surface area contributed by atoms with Gasteiger partial charge in [0.05, 0.1) is 11.5 Å². The van der Waals surface area contributed by atoms with E-state index in [0.717, 1.165) is 0 Å². The minimum Gasteiger partial charge on any atom is -0.389 e. The Morgan fingerprint density at radius 3 is 2.26 bits per heavy atom. The van der Waals surface area contributed by atoms with Gasteiger partial charge in [0.25, 0.3) is 0 Å². The van der Waals surface area contributed by atoms with Crippen LogP contribution in [0.4, 0.5) is 13.2 Å². The first kappa shape index (κ1) is 18.5. The minimum absolute atomic E-state index is 0.0633. The molecule has 0 aromatic carbocycles. The summed E-state index contributed by atoms with van der Waals surface area (Å²) in [6, 6.07) is 0. The van der Waals surface area contributed by atoms with Crippen molar-refractivity contribution in [1.29, 1.82) is 0 Å². The molecule has 7 heteroatoms. The van der Waals surface area contributed by atoms with Crippen LogP contribution in [0.5, 0.6) is 0 Å². The Morgan fingerprint density at radius 2 is 1.74 bits per heavy atom. The summed E-state index contributed by atoms with van der Waals surface area (Å²) < 4.78 is 38.6. The second kappa shape index (κ2) is 6.97. The molecule has 1 saturated heterocycles. The summed E-state index contributed by atoms with van der Waals surface area (Å²) in [7, 11) is 0. The van der Waals surface area contributed by atoms with E-state index in [2.05, 4.69) is 4.90 Å². The van der Waals surface area contributed by atoms with E-state index in [-0.39, 0.29) is 18.7 Å². The summed E-state index contributed by atoms with van der Waals surface area (Å²) in [5.41, 5.74) is -0.782. The lowest BCUT2D eigenvalue weighted by Crippen LogP contribution is -2.53. The number of hydrogen-bond acceptors (Lipinski definition) is 3. The Kier molecular flexibility index (Phi) is 5.61. The predicted octanol–water partition coefficient (Wildman–Crippen LogP) is 2.27. The highest BCUT2D eigenvalue weighted by molar-refractivity contribution is 5.79. The third-order valence-corrected chi connectivity index (χ3v) is 4.78. The zero-order chi connectivity index (χ0) is 17.3. The lowest BCUT2D eigenvalue weighted by molar-refractivity contribution is -0.187. The van der Waals surface area contributed by atoms with Crippen LogP contribution in [0.3, 0.4) is 0 Å². The van der Waals surface area contributed by atoms with Crippen molar-refractivity contribution >= 4 is 5.91 Å². The van der Waals surface area contributed by atoms with E-state index in [1.807, 2.05) is 0 Å². The molecule has 1 amide bonds. The van der Waals surface area contributed by atoms with Gasteiger partial charge in [0, 0.05) is 38.6 Å². The third-order valence-electron chi connectivity index (χ3n) is 4.78. The molecule has 1 saturated carbocycles. The molecule has 0 bridgehead atoms. The van der Waals surface area contributed by atoms with Crippen LogP contribution < -0.4 is 0 Å². The Balaban J connectivity index is 1.85. The molecule has 0 spiro atoms. The predicted molar refractivity (Wildman–Crippen MR) is 80.8 cm³/mol. The molecule has 1 aliphatic carbocycles. The van der Waals surface area contributed by atoms with Gasteiger partial charge in [-0.25, -0.2) is 0 Å². The maximum absolute atomic E-state index is 12.9. The molecule has 2 atom stereocenters. The van der Waals surface area contributed by atoms with Crippen molar-refractivity contribution in [2.75, 3.05) is 32.7 Å². The van der Waals surface area contributed by atoms with E-state index < -0.39 is 23.6 Å². The standard InChI is InChI=1S/C16H27F3N2O2/c1-15(2,23)11-20-6-8-21(9-7-20)14(22)12-4-3-5-13(10-12)16(17,18)19/h12-13,23H,3-11H2,1-2H3/t12-,13+/m1/s1. The molecular weight excluding hydrogens is 309 g/mol. The summed E-state index contributed by atoms with van der Waals surface area (Å²) in [6.07, 6.45) is -3.07. The van der Waals surface area contributed by atoms with Crippen LogP contribution in [0.2, 0.25) is 0 Å². The number of hydrogen-bond donors (Lipinski definition) is 1. The second-order valence-corrected chi connectivity index (χ2v) is 7.52. The van der Waals surface area contributed by atoms with Crippen LogP contribution in [0.15, 0.2) is 0 Å². The highest BCUT2D eigenvalue weighted by atomic mass is 19.4. The summed E-state index contributed by atoms with van der Waals surface area (Å²) >= 11 is 0. The molecule has 1 aliphatic heterocycles. The average Bonchev–Trinajstić information content (AvgIpc) is 2.45. The number of carbonyl (C=O) groups excluding carboxylic acids is 1. The lowest BCUT2D eigenvalue weighted by Gasteiger charge is -2.39. The van der Waals surface area contributed by atoms with Crippen LogP contribution >= 0.6 is 0 Å². The van der Waals surface area contributed by atoms with E-state index in [1.54, 1.807) is 18.7 Å². The van der Waals surface area contributed by atoms with Crippen molar-refractivity contribution in [3.05, 3.63) is 0 Å². The Hall–Kier alpha value is -0.820. The Bertz CT molecular complexity index is 413. The van der Waals surface area contributed by atoms with Gasteiger partial charge in [-0.2, -0.15) is 13.2 Å². The molecule has 134 valence electrons. The Morgan fingerprint density at radius 1 is 1.13 bits per heavy atom. The fourth-order valence-electron chi connectivity index (χ4n) is 3.64. The average molecular weight is 336 g/mol. The quantitative estimate of drug-likeness (QED) is 0.860. The van der Waals surface area contributed by atoms with Gasteiger partial charge in [-0.3, -0.25) is 9.69 Å². The maximum atomic E-state index is 12.9. The number of piperazine rings is 1. The highest BCUT2D eigenvalue weighted by Gasteiger charge is 2.44. The molecule has 0 unspecified atom stereocenters. The van der Waals surface area contributed by atoms with Gasteiger partial charge in [-0.15, -0.1) is 0 Å². The van der Waals surface area contributed by atoms with Crippen LogP contribution in [-0.2, 0) is 4.79 Å². The first-order valence-corrected chi connectivity index (χ1v) is 8.36. The molecule has 4 nitrogen and oxygen atoms in total. The Labute approximate surface area is 135 Å². The van der Waals surface area contributed by atoms with Crippen LogP contribution in [-0.4, -0.2) is 65.3 Å². The number of β-amino-alcohol motifs (C(OH)–C–C–N with tert-alkyl or cyclic N) is 1. The number of aliphatic hydroxyl groups is 1. The largest absolute Gasteiger partial charge is 0.391 e. The molecule has 1 N–H and O–H groups in total. The van der Waals surface area contributed by atoms with E-state index in [0.29, 0.717) is 45.6 Å². The topological polar surface area (TPSA) is 43.8 Å². The third kappa shape index (κ3) is 5.35. The smallest absolute Gasteiger partial charge is 0.389 e. The summed E-state index contributed by atoms with van der Waals surface area (Å²) in [6.45, 7) is 6.39. The molecule has 23 heavy (non-hydrogen) atoms. The van der Waals surface area contributed by atoms with Gasteiger partial charge in [0.15, 0.2) is 0 Å². The summed E-state index contributed by atoms with van der Waals surface area (Å²) in [4.78, 5) is 16.3. The summed E-state index contributed by atoms with van der Waals surface area (Å²) in [5, 5.41) is 9.83. The first-order valence-electron chi connectivity index (χ1n) is 8.36. The van der Waals surface area contributed by atoms with Crippen LogP contribution in [0, 0.1) is 11.8 Å². The normalized spacial score (nSPS) is 28.0. The van der Waals surface area contributed by atoms with Crippen LogP contribution in [0.1, 0.15) is 39.5 Å². The van der Waals surface area contributed by atoms with Crippen molar-refractivity contribution < 1.29 is 23.1 Å². The SMILES string of the molecule is CC(C)(O)CN1CCN(C(=O)[C@@H]2CCC[C@H](C(F)(F)F)C2)CC1. The van der Waals surface area contributed by atoms with Gasteiger partial charge in [0.2, 0.25) is 5.91 Å². The molecule has 0 aromatic rings. The lowest BCUT2D eigenvalue weighted by atomic mass is 9.80. The monoisotopic (exact) mass is 336 g/mol. The molecular formula is C16H27F3N2O2. The number of alkyl halides is 3. The van der Waals surface area contributed by atoms with E-state index in [4.69, 9.17) is 0 Å². The molecule has 2 aliphatic rings. The number of nitrogens with zero attached hydrogens (tertiary/aromatic N) is 2. The zero-order valence-electron chi connectivity index (χ0n) is 13.9. The fraction of sp³-hybridized carbons (Fsp3) is 0.938. The van der Waals surface area contributed by atoms with Gasteiger partial charge < -0.3 is 10.0 Å². The van der Waals surface area contributed by atoms with Gasteiger partial charge in [0.1, 0.15) is 0 Å². The molecule has 2 rings (SSSR count). The van der Waals surface area contributed by atoms with Gasteiger partial charge in [-0.05, 0) is 33.1 Å². The minimum atomic E-state index is -4.19. The van der Waals surface area contributed by atoms with Crippen molar-refractivity contribution in [2.45, 2.75) is 51.3 Å². The van der Waals surface area contributed by atoms with Gasteiger partial charge in [-0.1, -0.05) is 6.42 Å². The van der Waals surface area contributed by atoms with Crippen molar-refractivity contribution in [3.63, 3.8) is 0 Å². The maximum Gasteiger partial charge on any atom is 0.391 e. The van der Waals surface area contributed by atoms with E-state index in [1.165, 1.54) is 0 Å². The fourth-order valence-corrected chi connectivity index (χ4v) is 3.64. The highest BCUT2D eigenvalue weighted by Crippen LogP contribution is 2.40. The van der Waals surface area contributed by atoms with Crippen LogP contribution in [0.25, 0.3) is 0 Å². The molecule has 2 fully saturated rings. The van der Waals surface area contributed by atoms with Crippen molar-refractivity contribution in [2.24, 2.45) is 11.8 Å². The molecule has 1 heterocycles. The summed E-state index contributed by atoms with van der Waals surface area (Å²) in [5.74, 6) is -1.94. The van der Waals surface area contributed by atoms with Crippen molar-refractivity contribution in [3.8, 4) is 0 Å². The number of amides is 1. The number of rotatable bonds is 3. The zero-order valence-corrected chi connectivity index (χ0v) is 13.9. The van der Waals surface area contributed by atoms with E-state index >= 15 is 0 Å². The first-order chi connectivity index (χ1) is 10.6. The van der Waals surface area contributed by atoms with Crippen molar-refractivity contribution in [1.82, 2.24) is 9.80 Å². The van der Waals surface area contributed by atoms with Gasteiger partial charge >= 0.3 is 6.18 Å². The molecule has 0 aromatic heterocycles.